The number of aromatic nitrogens is 1. The van der Waals surface area contributed by atoms with Crippen molar-refractivity contribution in [3.8, 4) is 0 Å². The van der Waals surface area contributed by atoms with Crippen LogP contribution in [0.3, 0.4) is 0 Å². The quantitative estimate of drug-likeness (QED) is 0.639. The molecule has 1 heteroatoms. The molecule has 1 aromatic carbocycles. The van der Waals surface area contributed by atoms with Gasteiger partial charge in [-0.25, -0.2) is 0 Å². The van der Waals surface area contributed by atoms with Crippen LogP contribution < -0.4 is 0 Å². The number of pyridine rings is 1. The van der Waals surface area contributed by atoms with E-state index in [4.69, 9.17) is 0 Å². The summed E-state index contributed by atoms with van der Waals surface area (Å²) in [5, 5.41) is 0. The van der Waals surface area contributed by atoms with E-state index in [2.05, 4.69) is 67.4 Å². The maximum Gasteiger partial charge on any atom is 0.0441 e. The summed E-state index contributed by atoms with van der Waals surface area (Å²) < 4.78 is 0. The Kier molecular flexibility index (Phi) is 5.96. The van der Waals surface area contributed by atoms with Crippen molar-refractivity contribution >= 4 is 5.57 Å². The van der Waals surface area contributed by atoms with Crippen LogP contribution in [0.5, 0.6) is 0 Å². The van der Waals surface area contributed by atoms with Crippen molar-refractivity contribution in [2.45, 2.75) is 33.1 Å². The molecule has 0 aliphatic carbocycles. The van der Waals surface area contributed by atoms with Gasteiger partial charge in [0.1, 0.15) is 0 Å². The Hall–Kier alpha value is -2.15. The largest absolute Gasteiger partial charge is 0.261 e. The Labute approximate surface area is 128 Å². The molecule has 0 saturated heterocycles. The third-order valence-electron chi connectivity index (χ3n) is 3.41. The molecule has 0 amide bonds. The van der Waals surface area contributed by atoms with Gasteiger partial charge in [0.05, 0.1) is 0 Å². The molecule has 0 radical (unpaired) electrons. The van der Waals surface area contributed by atoms with Gasteiger partial charge in [0.15, 0.2) is 0 Å². The normalized spacial score (nSPS) is 12.5. The van der Waals surface area contributed by atoms with Crippen molar-refractivity contribution in [3.05, 3.63) is 83.7 Å². The molecule has 0 aliphatic heterocycles. The second-order valence-corrected chi connectivity index (χ2v) is 5.29. The molecule has 2 aromatic rings. The number of hydrogen-bond donors (Lipinski definition) is 0. The first-order valence-corrected chi connectivity index (χ1v) is 7.62. The molecular weight excluding hydrogens is 254 g/mol. The average molecular weight is 277 g/mol. The van der Waals surface area contributed by atoms with Crippen LogP contribution in [0.25, 0.3) is 5.57 Å². The number of benzene rings is 1. The standard InChI is InChI=1S/C20H23N/c1-3-9-17(2)16-19(18-10-5-4-6-11-18)13-14-20-12-7-8-15-21-20/h4-8,10-13,15-16H,3,9,14H2,1-2H3/b17-16+,19-13+. The Morgan fingerprint density at radius 3 is 2.48 bits per heavy atom. The first-order chi connectivity index (χ1) is 10.3. The molecule has 21 heavy (non-hydrogen) atoms. The Bertz CT molecular complexity index is 594. The number of hydrogen-bond acceptors (Lipinski definition) is 1. The molecule has 0 atom stereocenters. The molecule has 108 valence electrons. The lowest BCUT2D eigenvalue weighted by atomic mass is 10.00. The summed E-state index contributed by atoms with van der Waals surface area (Å²) in [6.45, 7) is 4.43. The highest BCUT2D eigenvalue weighted by Gasteiger charge is 2.00. The van der Waals surface area contributed by atoms with Crippen molar-refractivity contribution in [1.82, 2.24) is 4.98 Å². The predicted molar refractivity (Wildman–Crippen MR) is 91.0 cm³/mol. The summed E-state index contributed by atoms with van der Waals surface area (Å²) in [6.07, 6.45) is 9.63. The molecule has 0 fully saturated rings. The molecule has 0 saturated carbocycles. The molecular formula is C20H23N. The third kappa shape index (κ3) is 5.03. The molecule has 0 N–H and O–H groups in total. The van der Waals surface area contributed by atoms with Gasteiger partial charge < -0.3 is 0 Å². The summed E-state index contributed by atoms with van der Waals surface area (Å²) in [5.41, 5.74) is 5.08. The summed E-state index contributed by atoms with van der Waals surface area (Å²) >= 11 is 0. The smallest absolute Gasteiger partial charge is 0.0441 e. The zero-order chi connectivity index (χ0) is 14.9. The van der Waals surface area contributed by atoms with Gasteiger partial charge in [0.25, 0.3) is 0 Å². The maximum atomic E-state index is 4.39. The Balaban J connectivity index is 2.25. The zero-order valence-electron chi connectivity index (χ0n) is 12.9. The van der Waals surface area contributed by atoms with Crippen LogP contribution in [0.4, 0.5) is 0 Å². The zero-order valence-corrected chi connectivity index (χ0v) is 12.9. The SMILES string of the molecule is CCC/C(C)=C/C(=C\Cc1ccccn1)c1ccccc1. The van der Waals surface area contributed by atoms with E-state index in [0.717, 1.165) is 18.5 Å². The van der Waals surface area contributed by atoms with E-state index >= 15 is 0 Å². The van der Waals surface area contributed by atoms with E-state index < -0.39 is 0 Å². The highest BCUT2D eigenvalue weighted by atomic mass is 14.7. The van der Waals surface area contributed by atoms with Crippen LogP contribution in [0.2, 0.25) is 0 Å². The minimum Gasteiger partial charge on any atom is -0.261 e. The molecule has 1 aromatic heterocycles. The minimum atomic E-state index is 0.862. The van der Waals surface area contributed by atoms with E-state index in [0.29, 0.717) is 0 Å². The van der Waals surface area contributed by atoms with Crippen molar-refractivity contribution in [2.24, 2.45) is 0 Å². The lowest BCUT2D eigenvalue weighted by Gasteiger charge is -2.06. The molecule has 0 unspecified atom stereocenters. The number of rotatable bonds is 6. The lowest BCUT2D eigenvalue weighted by molar-refractivity contribution is 0.906. The van der Waals surface area contributed by atoms with Gasteiger partial charge in [-0.3, -0.25) is 4.98 Å². The van der Waals surface area contributed by atoms with Gasteiger partial charge in [-0.1, -0.05) is 67.5 Å². The van der Waals surface area contributed by atoms with E-state index in [1.54, 1.807) is 0 Å². The minimum absolute atomic E-state index is 0.862. The van der Waals surface area contributed by atoms with Crippen molar-refractivity contribution in [3.63, 3.8) is 0 Å². The van der Waals surface area contributed by atoms with Crippen LogP contribution in [0.15, 0.2) is 72.5 Å². The predicted octanol–water partition coefficient (Wildman–Crippen LogP) is 5.45. The maximum absolute atomic E-state index is 4.39. The fraction of sp³-hybridized carbons (Fsp3) is 0.250. The second kappa shape index (κ2) is 8.21. The van der Waals surface area contributed by atoms with Crippen molar-refractivity contribution in [1.29, 1.82) is 0 Å². The summed E-state index contributed by atoms with van der Waals surface area (Å²) in [6, 6.07) is 16.6. The molecule has 0 spiro atoms. The van der Waals surface area contributed by atoms with Gasteiger partial charge in [-0.2, -0.15) is 0 Å². The van der Waals surface area contributed by atoms with E-state index in [1.165, 1.54) is 23.1 Å². The monoisotopic (exact) mass is 277 g/mol. The van der Waals surface area contributed by atoms with Crippen LogP contribution >= 0.6 is 0 Å². The number of allylic oxidation sites excluding steroid dienone is 4. The molecule has 1 nitrogen and oxygen atoms in total. The van der Waals surface area contributed by atoms with Gasteiger partial charge >= 0.3 is 0 Å². The Morgan fingerprint density at radius 2 is 1.81 bits per heavy atom. The second-order valence-electron chi connectivity index (χ2n) is 5.29. The topological polar surface area (TPSA) is 12.9 Å². The van der Waals surface area contributed by atoms with Gasteiger partial charge in [0, 0.05) is 18.3 Å². The van der Waals surface area contributed by atoms with Gasteiger partial charge in [0.2, 0.25) is 0 Å². The van der Waals surface area contributed by atoms with E-state index in [1.807, 2.05) is 18.3 Å². The molecule has 1 heterocycles. The van der Waals surface area contributed by atoms with Gasteiger partial charge in [-0.15, -0.1) is 0 Å². The molecule has 0 aliphatic rings. The van der Waals surface area contributed by atoms with Crippen molar-refractivity contribution in [2.75, 3.05) is 0 Å². The first-order valence-electron chi connectivity index (χ1n) is 7.62. The van der Waals surface area contributed by atoms with E-state index in [-0.39, 0.29) is 0 Å². The highest BCUT2D eigenvalue weighted by molar-refractivity contribution is 5.74. The first kappa shape index (κ1) is 15.2. The summed E-state index contributed by atoms with van der Waals surface area (Å²) in [7, 11) is 0. The highest BCUT2D eigenvalue weighted by Crippen LogP contribution is 2.20. The molecule has 2 rings (SSSR count). The summed E-state index contributed by atoms with van der Waals surface area (Å²) in [5.74, 6) is 0. The fourth-order valence-corrected chi connectivity index (χ4v) is 2.36. The van der Waals surface area contributed by atoms with E-state index in [9.17, 15) is 0 Å². The van der Waals surface area contributed by atoms with Gasteiger partial charge in [-0.05, 0) is 36.6 Å². The van der Waals surface area contributed by atoms with Crippen LogP contribution in [0, 0.1) is 0 Å². The molecule has 0 bridgehead atoms. The Morgan fingerprint density at radius 1 is 1.05 bits per heavy atom. The number of nitrogens with zero attached hydrogens (tertiary/aromatic N) is 1. The average Bonchev–Trinajstić information content (AvgIpc) is 2.53. The van der Waals surface area contributed by atoms with Crippen LogP contribution in [0.1, 0.15) is 37.9 Å². The van der Waals surface area contributed by atoms with Crippen LogP contribution in [-0.2, 0) is 6.42 Å². The lowest BCUT2D eigenvalue weighted by Crippen LogP contribution is -1.89. The van der Waals surface area contributed by atoms with Crippen LogP contribution in [-0.4, -0.2) is 4.98 Å². The third-order valence-corrected chi connectivity index (χ3v) is 3.41. The summed E-state index contributed by atoms with van der Waals surface area (Å²) in [4.78, 5) is 4.39. The van der Waals surface area contributed by atoms with Crippen molar-refractivity contribution < 1.29 is 0 Å². The fourth-order valence-electron chi connectivity index (χ4n) is 2.36.